The van der Waals surface area contributed by atoms with E-state index >= 15 is 0 Å². The topological polar surface area (TPSA) is 97.2 Å². The van der Waals surface area contributed by atoms with Gasteiger partial charge < -0.3 is 9.84 Å². The third-order valence-electron chi connectivity index (χ3n) is 1.84. The molecule has 0 bridgehead atoms. The van der Waals surface area contributed by atoms with Gasteiger partial charge in [0.05, 0.1) is 13.2 Å². The van der Waals surface area contributed by atoms with Crippen LogP contribution in [-0.2, 0) is 11.5 Å². The van der Waals surface area contributed by atoms with Crippen molar-refractivity contribution in [3.63, 3.8) is 0 Å². The Balaban J connectivity index is 2.75. The van der Waals surface area contributed by atoms with Crippen molar-refractivity contribution >= 4 is 23.5 Å². The molecule has 0 aliphatic carbocycles. The summed E-state index contributed by atoms with van der Waals surface area (Å²) in [6, 6.07) is 0. The molecule has 0 aliphatic heterocycles. The SMILES string of the molecule is CSCCSc1nn(COCCO)c(=O)[nH]c1=O. The molecule has 1 aromatic rings. The van der Waals surface area contributed by atoms with Gasteiger partial charge in [-0.3, -0.25) is 9.78 Å². The predicted molar refractivity (Wildman–Crippen MR) is 71.3 cm³/mol. The lowest BCUT2D eigenvalue weighted by Gasteiger charge is -2.06. The number of aromatic nitrogens is 3. The van der Waals surface area contributed by atoms with Crippen LogP contribution < -0.4 is 11.2 Å². The standard InChI is InChI=1S/C9H15N3O4S2/c1-17-4-5-18-8-7(14)10-9(15)12(11-8)6-16-3-2-13/h13H,2-6H2,1H3,(H,10,14,15). The maximum atomic E-state index is 11.5. The van der Waals surface area contributed by atoms with Crippen LogP contribution in [0.4, 0.5) is 0 Å². The Hall–Kier alpha value is -0.770. The quantitative estimate of drug-likeness (QED) is 0.485. The van der Waals surface area contributed by atoms with Crippen LogP contribution >= 0.6 is 23.5 Å². The average Bonchev–Trinajstić information content (AvgIpc) is 2.34. The summed E-state index contributed by atoms with van der Waals surface area (Å²) in [5.74, 6) is 1.64. The zero-order valence-corrected chi connectivity index (χ0v) is 11.6. The van der Waals surface area contributed by atoms with Gasteiger partial charge in [0.2, 0.25) is 0 Å². The Labute approximate surface area is 112 Å². The van der Waals surface area contributed by atoms with Gasteiger partial charge in [-0.05, 0) is 6.26 Å². The molecule has 0 atom stereocenters. The van der Waals surface area contributed by atoms with E-state index in [2.05, 4.69) is 10.1 Å². The fourth-order valence-corrected chi connectivity index (χ4v) is 2.57. The second-order valence-electron chi connectivity index (χ2n) is 3.17. The van der Waals surface area contributed by atoms with Crippen LogP contribution in [0.1, 0.15) is 0 Å². The van der Waals surface area contributed by atoms with Crippen LogP contribution in [0.2, 0.25) is 0 Å². The smallest absolute Gasteiger partial charge is 0.347 e. The van der Waals surface area contributed by atoms with Crippen LogP contribution in [0.5, 0.6) is 0 Å². The molecule has 1 aromatic heterocycles. The summed E-state index contributed by atoms with van der Waals surface area (Å²) in [4.78, 5) is 25.1. The van der Waals surface area contributed by atoms with Crippen molar-refractivity contribution in [3.05, 3.63) is 20.8 Å². The highest BCUT2D eigenvalue weighted by molar-refractivity contribution is 8.02. The summed E-state index contributed by atoms with van der Waals surface area (Å²) in [6.07, 6.45) is 1.97. The van der Waals surface area contributed by atoms with Crippen molar-refractivity contribution in [2.45, 2.75) is 11.8 Å². The first-order valence-corrected chi connectivity index (χ1v) is 7.58. The molecule has 2 N–H and O–H groups in total. The maximum absolute atomic E-state index is 11.5. The Morgan fingerprint density at radius 2 is 2.22 bits per heavy atom. The third kappa shape index (κ3) is 4.84. The number of ether oxygens (including phenoxy) is 1. The molecular formula is C9H15N3O4S2. The van der Waals surface area contributed by atoms with E-state index in [1.165, 1.54) is 11.8 Å². The van der Waals surface area contributed by atoms with E-state index in [4.69, 9.17) is 9.84 Å². The molecule has 9 heteroatoms. The summed E-state index contributed by atoms with van der Waals surface area (Å²) in [6.45, 7) is -0.109. The molecular weight excluding hydrogens is 278 g/mol. The minimum absolute atomic E-state index is 0.0910. The van der Waals surface area contributed by atoms with Gasteiger partial charge in [0.25, 0.3) is 5.56 Å². The van der Waals surface area contributed by atoms with Crippen molar-refractivity contribution in [3.8, 4) is 0 Å². The second kappa shape index (κ2) is 8.35. The Morgan fingerprint density at radius 1 is 1.44 bits per heavy atom. The Kier molecular flexibility index (Phi) is 7.09. The molecule has 0 fully saturated rings. The zero-order chi connectivity index (χ0) is 13.4. The lowest BCUT2D eigenvalue weighted by Crippen LogP contribution is -2.34. The first kappa shape index (κ1) is 15.3. The highest BCUT2D eigenvalue weighted by Gasteiger charge is 2.07. The Morgan fingerprint density at radius 3 is 2.89 bits per heavy atom. The van der Waals surface area contributed by atoms with Crippen LogP contribution in [0.15, 0.2) is 14.6 Å². The number of nitrogens with one attached hydrogen (secondary N) is 1. The number of thioether (sulfide) groups is 2. The van der Waals surface area contributed by atoms with Crippen molar-refractivity contribution in [2.75, 3.05) is 31.0 Å². The lowest BCUT2D eigenvalue weighted by atomic mass is 10.8. The maximum Gasteiger partial charge on any atom is 0.347 e. The molecule has 7 nitrogen and oxygen atoms in total. The normalized spacial score (nSPS) is 10.8. The summed E-state index contributed by atoms with van der Waals surface area (Å²) < 4.78 is 6.01. The van der Waals surface area contributed by atoms with Crippen molar-refractivity contribution in [1.82, 2.24) is 14.8 Å². The van der Waals surface area contributed by atoms with Crippen LogP contribution in [0, 0.1) is 0 Å². The minimum atomic E-state index is -0.618. The largest absolute Gasteiger partial charge is 0.394 e. The fourth-order valence-electron chi connectivity index (χ4n) is 1.03. The Bertz CT molecular complexity index is 434. The molecule has 18 heavy (non-hydrogen) atoms. The fraction of sp³-hybridized carbons (Fsp3) is 0.667. The van der Waals surface area contributed by atoms with Gasteiger partial charge in [-0.25, -0.2) is 4.79 Å². The molecule has 0 saturated carbocycles. The molecule has 0 amide bonds. The van der Waals surface area contributed by atoms with E-state index in [0.717, 1.165) is 16.2 Å². The molecule has 1 rings (SSSR count). The van der Waals surface area contributed by atoms with E-state index in [9.17, 15) is 9.59 Å². The van der Waals surface area contributed by atoms with Gasteiger partial charge in [-0.2, -0.15) is 21.5 Å². The molecule has 0 saturated heterocycles. The predicted octanol–water partition coefficient (Wildman–Crippen LogP) is -0.647. The van der Waals surface area contributed by atoms with Crippen molar-refractivity contribution in [1.29, 1.82) is 0 Å². The van der Waals surface area contributed by atoms with E-state index in [1.807, 2.05) is 6.26 Å². The number of aliphatic hydroxyl groups excluding tert-OH is 1. The first-order valence-electron chi connectivity index (χ1n) is 5.20. The van der Waals surface area contributed by atoms with Gasteiger partial charge in [-0.15, -0.1) is 0 Å². The molecule has 0 spiro atoms. The number of hydrogen-bond donors (Lipinski definition) is 2. The average molecular weight is 293 g/mol. The monoisotopic (exact) mass is 293 g/mol. The van der Waals surface area contributed by atoms with Gasteiger partial charge in [0.1, 0.15) is 6.73 Å². The summed E-state index contributed by atoms with van der Waals surface area (Å²) in [5.41, 5.74) is -1.10. The molecule has 0 unspecified atom stereocenters. The molecule has 102 valence electrons. The highest BCUT2D eigenvalue weighted by Crippen LogP contribution is 2.10. The van der Waals surface area contributed by atoms with Crippen LogP contribution in [-0.4, -0.2) is 50.8 Å². The highest BCUT2D eigenvalue weighted by atomic mass is 32.2. The van der Waals surface area contributed by atoms with Crippen molar-refractivity contribution in [2.24, 2.45) is 0 Å². The van der Waals surface area contributed by atoms with Gasteiger partial charge in [0, 0.05) is 11.5 Å². The summed E-state index contributed by atoms with van der Waals surface area (Å²) in [5, 5.41) is 12.7. The van der Waals surface area contributed by atoms with Gasteiger partial charge >= 0.3 is 5.69 Å². The second-order valence-corrected chi connectivity index (χ2v) is 5.24. The van der Waals surface area contributed by atoms with Crippen LogP contribution in [0.3, 0.4) is 0 Å². The number of rotatable bonds is 8. The van der Waals surface area contributed by atoms with E-state index in [-0.39, 0.29) is 25.0 Å². The molecule has 1 heterocycles. The van der Waals surface area contributed by atoms with E-state index < -0.39 is 11.2 Å². The summed E-state index contributed by atoms with van der Waals surface area (Å²) >= 11 is 2.96. The third-order valence-corrected chi connectivity index (χ3v) is 3.66. The number of aliphatic hydroxyl groups is 1. The molecule has 0 aromatic carbocycles. The van der Waals surface area contributed by atoms with Gasteiger partial charge in [0.15, 0.2) is 5.03 Å². The lowest BCUT2D eigenvalue weighted by molar-refractivity contribution is 0.0372. The minimum Gasteiger partial charge on any atom is -0.394 e. The van der Waals surface area contributed by atoms with Crippen LogP contribution in [0.25, 0.3) is 0 Å². The number of aromatic amines is 1. The first-order chi connectivity index (χ1) is 8.69. The summed E-state index contributed by atoms with van der Waals surface area (Å²) in [7, 11) is 0. The number of hydrogen-bond acceptors (Lipinski definition) is 7. The number of nitrogens with zero attached hydrogens (tertiary/aromatic N) is 2. The van der Waals surface area contributed by atoms with Crippen molar-refractivity contribution < 1.29 is 9.84 Å². The van der Waals surface area contributed by atoms with Gasteiger partial charge in [-0.1, -0.05) is 11.8 Å². The number of H-pyrrole nitrogens is 1. The zero-order valence-electron chi connectivity index (χ0n) is 9.92. The van der Waals surface area contributed by atoms with E-state index in [0.29, 0.717) is 0 Å². The molecule has 0 aliphatic rings. The van der Waals surface area contributed by atoms with E-state index in [1.54, 1.807) is 11.8 Å². The molecule has 0 radical (unpaired) electrons.